The number of carbonyl (C=O) groups excluding carboxylic acids is 5. The van der Waals surface area contributed by atoms with E-state index in [1.165, 1.54) is 4.90 Å². The number of fused-ring (bicyclic) bond motifs is 1. The van der Waals surface area contributed by atoms with E-state index in [1.807, 2.05) is 27.7 Å². The number of hydrogen-bond acceptors (Lipinski definition) is 5. The van der Waals surface area contributed by atoms with Gasteiger partial charge in [0.05, 0.1) is 12.5 Å². The number of carbonyl (C=O) groups is 5. The van der Waals surface area contributed by atoms with Crippen molar-refractivity contribution in [2.75, 3.05) is 19.6 Å². The Labute approximate surface area is 234 Å². The minimum absolute atomic E-state index is 0.0690. The summed E-state index contributed by atoms with van der Waals surface area (Å²) in [6.45, 7) is 8.64. The van der Waals surface area contributed by atoms with E-state index in [4.69, 9.17) is 11.6 Å². The SMILES string of the molecule is CCC(CC)[C@H](NC(=O)C1CC1)C(=O)N1C[C@H]2[C@@H]([C@H]1C(=O)NN(C[C@@H]1CCCNC1=O)C(=O)[C@H](F)Cl)C2(C)C. The van der Waals surface area contributed by atoms with Crippen molar-refractivity contribution in [3.05, 3.63) is 0 Å². The molecule has 4 aliphatic rings. The highest BCUT2D eigenvalue weighted by molar-refractivity contribution is 6.29. The zero-order valence-corrected chi connectivity index (χ0v) is 23.9. The van der Waals surface area contributed by atoms with E-state index in [0.29, 0.717) is 38.8 Å². The fraction of sp³-hybridized carbons (Fsp3) is 0.815. The third-order valence-corrected chi connectivity index (χ3v) is 9.48. The maximum Gasteiger partial charge on any atom is 0.291 e. The average Bonchev–Trinajstić information content (AvgIpc) is 3.78. The van der Waals surface area contributed by atoms with Gasteiger partial charge in [0.1, 0.15) is 12.1 Å². The third kappa shape index (κ3) is 6.02. The predicted octanol–water partition coefficient (Wildman–Crippen LogP) is 1.72. The van der Waals surface area contributed by atoms with Gasteiger partial charge >= 0.3 is 0 Å². The Morgan fingerprint density at radius 2 is 1.82 bits per heavy atom. The van der Waals surface area contributed by atoms with Crippen LogP contribution in [0.2, 0.25) is 0 Å². The summed E-state index contributed by atoms with van der Waals surface area (Å²) in [5.41, 5.74) is -0.0913. The van der Waals surface area contributed by atoms with E-state index in [9.17, 15) is 28.4 Å². The number of halogens is 2. The zero-order chi connectivity index (χ0) is 28.6. The van der Waals surface area contributed by atoms with Gasteiger partial charge in [-0.15, -0.1) is 0 Å². The summed E-state index contributed by atoms with van der Waals surface area (Å²) in [7, 11) is 0. The normalized spacial score (nSPS) is 28.7. The van der Waals surface area contributed by atoms with Crippen LogP contribution in [-0.4, -0.2) is 76.8 Å². The minimum atomic E-state index is -2.40. The monoisotopic (exact) mass is 569 g/mol. The summed E-state index contributed by atoms with van der Waals surface area (Å²) in [5.74, 6) is -3.39. The number of alkyl halides is 2. The molecule has 10 nitrogen and oxygen atoms in total. The first-order valence-electron chi connectivity index (χ1n) is 14.2. The molecule has 218 valence electrons. The molecule has 5 amide bonds. The Kier molecular flexibility index (Phi) is 8.78. The van der Waals surface area contributed by atoms with Gasteiger partial charge in [0.2, 0.25) is 17.7 Å². The van der Waals surface area contributed by atoms with Gasteiger partial charge in [-0.25, -0.2) is 9.40 Å². The molecule has 0 spiro atoms. The van der Waals surface area contributed by atoms with Gasteiger partial charge in [-0.2, -0.15) is 0 Å². The van der Waals surface area contributed by atoms with Crippen molar-refractivity contribution in [3.8, 4) is 0 Å². The molecule has 12 heteroatoms. The van der Waals surface area contributed by atoms with E-state index in [0.717, 1.165) is 17.9 Å². The van der Waals surface area contributed by atoms with Crippen molar-refractivity contribution < 1.29 is 28.4 Å². The van der Waals surface area contributed by atoms with E-state index < -0.39 is 35.4 Å². The molecule has 2 saturated carbocycles. The molecule has 2 aliphatic heterocycles. The quantitative estimate of drug-likeness (QED) is 0.273. The van der Waals surface area contributed by atoms with Crippen LogP contribution in [0.4, 0.5) is 4.39 Å². The van der Waals surface area contributed by atoms with Crippen LogP contribution in [0.1, 0.15) is 66.2 Å². The van der Waals surface area contributed by atoms with Gasteiger partial charge in [0, 0.05) is 19.0 Å². The first-order chi connectivity index (χ1) is 18.4. The summed E-state index contributed by atoms with van der Waals surface area (Å²) in [6.07, 6.45) is 4.15. The van der Waals surface area contributed by atoms with E-state index in [2.05, 4.69) is 16.1 Å². The molecular formula is C27H41ClFN5O5. The van der Waals surface area contributed by atoms with Crippen molar-refractivity contribution in [2.24, 2.45) is 35.0 Å². The molecule has 0 aromatic carbocycles. The standard InChI is InChI=1S/C27H41ClFN5O5/c1-5-14(6-2)19(31-23(36)15-9-10-15)25(38)33-13-17-18(27(17,3)4)20(33)24(37)32-34(26(39)21(28)29)12-16-8-7-11-30-22(16)35/h14-21H,5-13H2,1-4H3,(H,30,35)(H,31,36)(H,32,37)/t16-,17-,18-,19-,20-,21-/m0/s1. The van der Waals surface area contributed by atoms with E-state index in [-0.39, 0.29) is 53.4 Å². The Morgan fingerprint density at radius 1 is 1.15 bits per heavy atom. The minimum Gasteiger partial charge on any atom is -0.356 e. The number of rotatable bonds is 10. The van der Waals surface area contributed by atoms with Gasteiger partial charge in [-0.3, -0.25) is 29.4 Å². The molecule has 4 rings (SSSR count). The number of hydrogen-bond donors (Lipinski definition) is 3. The van der Waals surface area contributed by atoms with Crippen molar-refractivity contribution >= 4 is 41.1 Å². The second-order valence-corrected chi connectivity index (χ2v) is 12.5. The molecule has 2 heterocycles. The molecule has 2 saturated heterocycles. The summed E-state index contributed by atoms with van der Waals surface area (Å²) in [6, 6.07) is -1.66. The summed E-state index contributed by atoms with van der Waals surface area (Å²) in [5, 5.41) is 6.47. The lowest BCUT2D eigenvalue weighted by Gasteiger charge is -2.36. The van der Waals surface area contributed by atoms with Crippen LogP contribution < -0.4 is 16.1 Å². The Balaban J connectivity index is 1.56. The van der Waals surface area contributed by atoms with E-state index in [1.54, 1.807) is 0 Å². The second-order valence-electron chi connectivity index (χ2n) is 12.1. The predicted molar refractivity (Wildman–Crippen MR) is 141 cm³/mol. The van der Waals surface area contributed by atoms with Crippen molar-refractivity contribution in [3.63, 3.8) is 0 Å². The van der Waals surface area contributed by atoms with Gasteiger partial charge in [0.25, 0.3) is 17.4 Å². The van der Waals surface area contributed by atoms with Gasteiger partial charge < -0.3 is 15.5 Å². The highest BCUT2D eigenvalue weighted by Gasteiger charge is 2.69. The molecule has 3 N–H and O–H groups in total. The van der Waals surface area contributed by atoms with Crippen molar-refractivity contribution in [2.45, 2.75) is 83.9 Å². The molecule has 39 heavy (non-hydrogen) atoms. The molecule has 0 bridgehead atoms. The molecule has 2 aliphatic carbocycles. The fourth-order valence-electron chi connectivity index (χ4n) is 6.49. The topological polar surface area (TPSA) is 128 Å². The van der Waals surface area contributed by atoms with Crippen LogP contribution in [0.5, 0.6) is 0 Å². The second kappa shape index (κ2) is 11.6. The van der Waals surface area contributed by atoms with Crippen LogP contribution in [0, 0.1) is 35.0 Å². The van der Waals surface area contributed by atoms with Crippen LogP contribution >= 0.6 is 11.6 Å². The maximum atomic E-state index is 14.0. The highest BCUT2D eigenvalue weighted by atomic mass is 35.5. The molecule has 0 unspecified atom stereocenters. The van der Waals surface area contributed by atoms with Crippen LogP contribution in [0.15, 0.2) is 0 Å². The first kappa shape index (κ1) is 29.6. The molecule has 6 atom stereocenters. The third-order valence-electron chi connectivity index (χ3n) is 9.29. The van der Waals surface area contributed by atoms with Crippen molar-refractivity contribution in [1.29, 1.82) is 0 Å². The fourth-order valence-corrected chi connectivity index (χ4v) is 6.61. The lowest BCUT2D eigenvalue weighted by Crippen LogP contribution is -2.61. The van der Waals surface area contributed by atoms with Crippen LogP contribution in [0.25, 0.3) is 0 Å². The van der Waals surface area contributed by atoms with Crippen molar-refractivity contribution in [1.82, 2.24) is 26.0 Å². The summed E-state index contributed by atoms with van der Waals surface area (Å²) < 4.78 is 13.9. The number of nitrogens with zero attached hydrogens (tertiary/aromatic N) is 2. The van der Waals surface area contributed by atoms with Gasteiger partial charge in [-0.1, -0.05) is 52.1 Å². The van der Waals surface area contributed by atoms with Gasteiger partial charge in [-0.05, 0) is 48.9 Å². The number of nitrogens with one attached hydrogen (secondary N) is 3. The lowest BCUT2D eigenvalue weighted by molar-refractivity contribution is -0.151. The highest BCUT2D eigenvalue weighted by Crippen LogP contribution is 2.65. The van der Waals surface area contributed by atoms with E-state index >= 15 is 0 Å². The molecule has 0 aromatic rings. The molecule has 0 aromatic heterocycles. The largest absolute Gasteiger partial charge is 0.356 e. The smallest absolute Gasteiger partial charge is 0.291 e. The average molecular weight is 570 g/mol. The first-order valence-corrected chi connectivity index (χ1v) is 14.6. The summed E-state index contributed by atoms with van der Waals surface area (Å²) >= 11 is 5.45. The maximum absolute atomic E-state index is 14.0. The number of hydrazine groups is 1. The number of piperidine rings is 2. The Hall–Kier alpha value is -2.43. The van der Waals surface area contributed by atoms with Crippen LogP contribution in [-0.2, 0) is 24.0 Å². The van der Waals surface area contributed by atoms with Crippen LogP contribution in [0.3, 0.4) is 0 Å². The Morgan fingerprint density at radius 3 is 2.38 bits per heavy atom. The molecule has 4 fully saturated rings. The summed E-state index contributed by atoms with van der Waals surface area (Å²) in [4.78, 5) is 66.9. The molecule has 0 radical (unpaired) electrons. The zero-order valence-electron chi connectivity index (χ0n) is 23.2. The number of amides is 5. The lowest BCUT2D eigenvalue weighted by atomic mass is 9.91. The molecular weight excluding hydrogens is 529 g/mol. The Bertz CT molecular complexity index is 1000. The van der Waals surface area contributed by atoms with Gasteiger partial charge in [0.15, 0.2) is 0 Å². The number of likely N-dealkylation sites (tertiary alicyclic amines) is 1.